The van der Waals surface area contributed by atoms with Gasteiger partial charge in [0, 0.05) is 12.8 Å². The Balaban J connectivity index is 5.10. The van der Waals surface area contributed by atoms with Crippen LogP contribution in [0.25, 0.3) is 0 Å². The van der Waals surface area contributed by atoms with E-state index >= 15 is 0 Å². The van der Waals surface area contributed by atoms with Gasteiger partial charge < -0.3 is 28.5 Å². The average Bonchev–Trinajstić information content (AvgIpc) is 3.41. The summed E-state index contributed by atoms with van der Waals surface area (Å²) in [6.07, 6.45) is 78.0. The first-order valence-corrected chi connectivity index (χ1v) is 34.0. The SMILES string of the molecule is CC/C=C\C/C=C\C/C=C\C/C=C\C/C=C\C/C=C\CCCCCCCCCCC(=O)OC(/C=C\CCCCCCCCCCC)C(COP(=O)([O-])OCC[N+](C)(C)C)NC(=O)CCCCCCCCC/C=C\CCCCCC. The number of rotatable bonds is 58. The first kappa shape index (κ1) is 75.9. The smallest absolute Gasteiger partial charge is 0.306 e. The third kappa shape index (κ3) is 59.4. The monoisotopic (exact) mass is 1120 g/mol. The Kier molecular flexibility index (Phi) is 55.9. The Bertz CT molecular complexity index is 1670. The van der Waals surface area contributed by atoms with Crippen LogP contribution in [0.4, 0.5) is 0 Å². The third-order valence-electron chi connectivity index (χ3n) is 14.0. The summed E-state index contributed by atoms with van der Waals surface area (Å²) in [5.41, 5.74) is 0. The summed E-state index contributed by atoms with van der Waals surface area (Å²) < 4.78 is 30.3. The molecule has 9 nitrogen and oxygen atoms in total. The maximum Gasteiger partial charge on any atom is 0.306 e. The Hall–Kier alpha value is -3.07. The van der Waals surface area contributed by atoms with Crippen LogP contribution in [0.15, 0.2) is 97.2 Å². The van der Waals surface area contributed by atoms with E-state index in [0.29, 0.717) is 17.4 Å². The van der Waals surface area contributed by atoms with Crippen LogP contribution in [0.5, 0.6) is 0 Å². The van der Waals surface area contributed by atoms with Gasteiger partial charge in [-0.1, -0.05) is 253 Å². The summed E-state index contributed by atoms with van der Waals surface area (Å²) in [5.74, 6) is -0.557. The summed E-state index contributed by atoms with van der Waals surface area (Å²) in [4.78, 5) is 40.0. The van der Waals surface area contributed by atoms with Crippen molar-refractivity contribution in [3.8, 4) is 0 Å². The van der Waals surface area contributed by atoms with Crippen LogP contribution in [0.2, 0.25) is 0 Å². The van der Waals surface area contributed by atoms with Gasteiger partial charge in [-0.3, -0.25) is 14.2 Å². The molecule has 0 aliphatic carbocycles. The molecule has 0 aromatic carbocycles. The first-order chi connectivity index (χ1) is 38.4. The lowest BCUT2D eigenvalue weighted by molar-refractivity contribution is -0.870. The summed E-state index contributed by atoms with van der Waals surface area (Å²) in [6, 6.07) is -0.898. The van der Waals surface area contributed by atoms with E-state index in [9.17, 15) is 19.0 Å². The fourth-order valence-electron chi connectivity index (χ4n) is 8.99. The topological polar surface area (TPSA) is 114 Å². The maximum absolute atomic E-state index is 13.5. The molecule has 0 rings (SSSR count). The largest absolute Gasteiger partial charge is 0.756 e. The van der Waals surface area contributed by atoms with Crippen molar-refractivity contribution in [3.05, 3.63) is 97.2 Å². The normalized spacial score (nSPS) is 14.3. The highest BCUT2D eigenvalue weighted by Crippen LogP contribution is 2.38. The van der Waals surface area contributed by atoms with Gasteiger partial charge in [0.2, 0.25) is 5.91 Å². The fraction of sp³-hybridized carbons (Fsp3) is 0.739. The highest BCUT2D eigenvalue weighted by molar-refractivity contribution is 7.45. The van der Waals surface area contributed by atoms with Crippen molar-refractivity contribution in [1.82, 2.24) is 5.32 Å². The predicted octanol–water partition coefficient (Wildman–Crippen LogP) is 19.7. The van der Waals surface area contributed by atoms with E-state index in [1.54, 1.807) is 0 Å². The van der Waals surface area contributed by atoms with Crippen molar-refractivity contribution in [3.63, 3.8) is 0 Å². The number of hydrogen-bond donors (Lipinski definition) is 1. The predicted molar refractivity (Wildman–Crippen MR) is 339 cm³/mol. The first-order valence-electron chi connectivity index (χ1n) is 32.5. The van der Waals surface area contributed by atoms with Gasteiger partial charge in [0.25, 0.3) is 7.82 Å². The molecule has 0 radical (unpaired) electrons. The van der Waals surface area contributed by atoms with E-state index in [4.69, 9.17) is 13.8 Å². The number of carbonyl (C=O) groups excluding carboxylic acids is 2. The second kappa shape index (κ2) is 58.1. The minimum atomic E-state index is -4.70. The molecule has 3 atom stereocenters. The molecular weight excluding hydrogens is 1000 g/mol. The molecule has 1 amide bonds. The number of esters is 1. The maximum atomic E-state index is 13.5. The number of likely N-dealkylation sites (N-methyl/N-ethyl adjacent to an activating group) is 1. The molecule has 0 fully saturated rings. The fourth-order valence-corrected chi connectivity index (χ4v) is 9.71. The molecule has 0 aromatic rings. The molecule has 1 N–H and O–H groups in total. The second-order valence-corrected chi connectivity index (χ2v) is 24.3. The van der Waals surface area contributed by atoms with Crippen LogP contribution in [-0.4, -0.2) is 69.4 Å². The molecule has 0 saturated heterocycles. The highest BCUT2D eigenvalue weighted by Gasteiger charge is 2.27. The molecule has 79 heavy (non-hydrogen) atoms. The van der Waals surface area contributed by atoms with Crippen molar-refractivity contribution in [2.24, 2.45) is 0 Å². The molecule has 0 aromatic heterocycles. The van der Waals surface area contributed by atoms with E-state index in [0.717, 1.165) is 122 Å². The number of phosphoric ester groups is 1. The van der Waals surface area contributed by atoms with Crippen molar-refractivity contribution >= 4 is 19.7 Å². The van der Waals surface area contributed by atoms with Gasteiger partial charge in [-0.2, -0.15) is 0 Å². The number of unbranched alkanes of at least 4 members (excludes halogenated alkanes) is 28. The van der Waals surface area contributed by atoms with Crippen LogP contribution in [0.3, 0.4) is 0 Å². The summed E-state index contributed by atoms with van der Waals surface area (Å²) in [5, 5.41) is 3.02. The van der Waals surface area contributed by atoms with Crippen LogP contribution < -0.4 is 10.2 Å². The number of amides is 1. The summed E-state index contributed by atoms with van der Waals surface area (Å²) in [6.45, 7) is 6.70. The van der Waals surface area contributed by atoms with Gasteiger partial charge in [-0.15, -0.1) is 0 Å². The number of carbonyl (C=O) groups is 2. The Morgan fingerprint density at radius 3 is 1.24 bits per heavy atom. The lowest BCUT2D eigenvalue weighted by Crippen LogP contribution is -2.47. The third-order valence-corrected chi connectivity index (χ3v) is 15.0. The molecule has 0 aliphatic rings. The quantitative estimate of drug-likeness (QED) is 0.0212. The number of quaternary nitrogens is 1. The number of allylic oxidation sites excluding steroid dienone is 15. The Labute approximate surface area is 488 Å². The molecular formula is C69H123N2O7P. The lowest BCUT2D eigenvalue weighted by atomic mass is 10.0. The van der Waals surface area contributed by atoms with Crippen molar-refractivity contribution in [2.45, 2.75) is 290 Å². The van der Waals surface area contributed by atoms with E-state index < -0.39 is 26.6 Å². The van der Waals surface area contributed by atoms with Crippen LogP contribution >= 0.6 is 7.82 Å². The number of hydrogen-bond acceptors (Lipinski definition) is 7. The number of nitrogens with one attached hydrogen (secondary N) is 1. The van der Waals surface area contributed by atoms with Crippen LogP contribution in [0.1, 0.15) is 278 Å². The zero-order valence-electron chi connectivity index (χ0n) is 52.1. The minimum absolute atomic E-state index is 0.0281. The van der Waals surface area contributed by atoms with E-state index in [1.165, 1.54) is 122 Å². The number of phosphoric acid groups is 1. The molecule has 3 unspecified atom stereocenters. The minimum Gasteiger partial charge on any atom is -0.756 e. The van der Waals surface area contributed by atoms with Gasteiger partial charge in [0.05, 0.1) is 33.8 Å². The zero-order valence-corrected chi connectivity index (χ0v) is 52.9. The van der Waals surface area contributed by atoms with Crippen molar-refractivity contribution in [1.29, 1.82) is 0 Å². The summed E-state index contributed by atoms with van der Waals surface area (Å²) >= 11 is 0. The molecule has 0 spiro atoms. The molecule has 0 heterocycles. The van der Waals surface area contributed by atoms with Gasteiger partial charge >= 0.3 is 5.97 Å². The van der Waals surface area contributed by atoms with E-state index in [1.807, 2.05) is 33.3 Å². The average molecular weight is 1120 g/mol. The Morgan fingerprint density at radius 2 is 0.810 bits per heavy atom. The van der Waals surface area contributed by atoms with Crippen molar-refractivity contribution in [2.75, 3.05) is 40.9 Å². The van der Waals surface area contributed by atoms with Gasteiger partial charge in [-0.05, 0) is 109 Å². The molecule has 456 valence electrons. The van der Waals surface area contributed by atoms with E-state index in [-0.39, 0.29) is 24.9 Å². The van der Waals surface area contributed by atoms with Gasteiger partial charge in [-0.25, -0.2) is 0 Å². The molecule has 0 bridgehead atoms. The van der Waals surface area contributed by atoms with Gasteiger partial charge in [0.1, 0.15) is 19.3 Å². The molecule has 0 aliphatic heterocycles. The van der Waals surface area contributed by atoms with Crippen molar-refractivity contribution < 1.29 is 37.3 Å². The van der Waals surface area contributed by atoms with Crippen LogP contribution in [-0.2, 0) is 27.9 Å². The standard InChI is InChI=1S/C69H123N2O7P/c1-7-10-13-16-19-22-25-27-29-30-31-32-33-34-35-36-37-38-39-40-42-44-47-50-53-56-59-62-69(73)78-67(60-57-54-51-48-45-24-21-18-15-12-9-3)66(65-77-79(74,75)76-64-63-71(4,5)6)70-68(72)61-58-55-52-49-46-43-41-28-26-23-20-17-14-11-8-2/h10,13,19,22-23,26-27,29,31-32,34-35,37-38,57,60,66-67H,7-9,11-12,14-18,20-21,24-25,28,30,33,36,39-56,58-59,61-65H2,1-6H3,(H-,70,72,74,75)/b13-10-,22-19-,26-23-,29-27-,32-31-,35-34-,38-37-,60-57-. The van der Waals surface area contributed by atoms with Gasteiger partial charge in [0.15, 0.2) is 0 Å². The molecule has 0 saturated carbocycles. The van der Waals surface area contributed by atoms with E-state index in [2.05, 4.69) is 111 Å². The second-order valence-electron chi connectivity index (χ2n) is 22.9. The lowest BCUT2D eigenvalue weighted by Gasteiger charge is -2.30. The molecule has 10 heteroatoms. The Morgan fingerprint density at radius 1 is 0.456 bits per heavy atom. The zero-order chi connectivity index (χ0) is 57.9. The number of nitrogens with zero attached hydrogens (tertiary/aromatic N) is 1. The highest BCUT2D eigenvalue weighted by atomic mass is 31.2. The van der Waals surface area contributed by atoms with Crippen LogP contribution in [0, 0.1) is 0 Å². The number of ether oxygens (including phenoxy) is 1. The summed E-state index contributed by atoms with van der Waals surface area (Å²) in [7, 11) is 1.17.